The number of nitrogens with one attached hydrogen (secondary N) is 2. The molecule has 0 fully saturated rings. The number of aryl methyl sites for hydroxylation is 2. The lowest BCUT2D eigenvalue weighted by Crippen LogP contribution is -2.26. The third-order valence-corrected chi connectivity index (χ3v) is 2.20. The Labute approximate surface area is 89.2 Å². The van der Waals surface area contributed by atoms with Gasteiger partial charge in [-0.2, -0.15) is 5.10 Å². The summed E-state index contributed by atoms with van der Waals surface area (Å²) in [6, 6.07) is 0. The lowest BCUT2D eigenvalue weighted by molar-refractivity contribution is 0.152. The molecule has 5 nitrogen and oxygen atoms in total. The lowest BCUT2D eigenvalue weighted by atomic mass is 10.1. The molecule has 5 heteroatoms. The monoisotopic (exact) mass is 211 g/mol. The molecule has 0 spiro atoms. The van der Waals surface area contributed by atoms with Crippen molar-refractivity contribution < 1.29 is 9.53 Å². The van der Waals surface area contributed by atoms with E-state index in [0.29, 0.717) is 13.2 Å². The van der Waals surface area contributed by atoms with Gasteiger partial charge in [-0.25, -0.2) is 4.79 Å². The summed E-state index contributed by atoms with van der Waals surface area (Å²) in [5.74, 6) is 0. The number of carbonyl (C=O) groups is 1. The summed E-state index contributed by atoms with van der Waals surface area (Å²) in [6.45, 7) is 6.67. The molecule has 0 aromatic carbocycles. The van der Waals surface area contributed by atoms with Crippen LogP contribution in [0.1, 0.15) is 23.9 Å². The van der Waals surface area contributed by atoms with E-state index in [1.54, 1.807) is 6.92 Å². The van der Waals surface area contributed by atoms with Gasteiger partial charge in [0.1, 0.15) is 0 Å². The second kappa shape index (κ2) is 5.38. The number of rotatable bonds is 4. The highest BCUT2D eigenvalue weighted by Crippen LogP contribution is 2.08. The molecule has 15 heavy (non-hydrogen) atoms. The van der Waals surface area contributed by atoms with Crippen molar-refractivity contribution in [2.75, 3.05) is 13.2 Å². The summed E-state index contributed by atoms with van der Waals surface area (Å²) < 4.78 is 4.75. The van der Waals surface area contributed by atoms with Gasteiger partial charge in [0.2, 0.25) is 0 Å². The summed E-state index contributed by atoms with van der Waals surface area (Å²) in [5, 5.41) is 9.66. The average molecular weight is 211 g/mol. The van der Waals surface area contributed by atoms with Gasteiger partial charge >= 0.3 is 6.09 Å². The van der Waals surface area contributed by atoms with E-state index in [9.17, 15) is 4.79 Å². The van der Waals surface area contributed by atoms with Crippen LogP contribution in [0.15, 0.2) is 0 Å². The molecule has 0 saturated heterocycles. The van der Waals surface area contributed by atoms with Crippen LogP contribution in [0.5, 0.6) is 0 Å². The predicted octanol–water partition coefficient (Wildman–Crippen LogP) is 1.32. The molecule has 0 aliphatic rings. The predicted molar refractivity (Wildman–Crippen MR) is 56.8 cm³/mol. The van der Waals surface area contributed by atoms with E-state index in [1.807, 2.05) is 13.8 Å². The smallest absolute Gasteiger partial charge is 0.407 e. The number of amides is 1. The summed E-state index contributed by atoms with van der Waals surface area (Å²) >= 11 is 0. The fourth-order valence-electron chi connectivity index (χ4n) is 1.41. The van der Waals surface area contributed by atoms with E-state index < -0.39 is 0 Å². The number of carbonyl (C=O) groups excluding carboxylic acids is 1. The fourth-order valence-corrected chi connectivity index (χ4v) is 1.41. The van der Waals surface area contributed by atoms with Crippen molar-refractivity contribution in [2.24, 2.45) is 0 Å². The first-order valence-electron chi connectivity index (χ1n) is 5.06. The minimum atomic E-state index is -0.365. The topological polar surface area (TPSA) is 67.0 Å². The Bertz CT molecular complexity index is 314. The third kappa shape index (κ3) is 3.27. The number of nitrogens with zero attached hydrogens (tertiary/aromatic N) is 1. The molecule has 1 amide bonds. The van der Waals surface area contributed by atoms with E-state index >= 15 is 0 Å². The van der Waals surface area contributed by atoms with E-state index in [0.717, 1.165) is 23.4 Å². The van der Waals surface area contributed by atoms with Crippen molar-refractivity contribution in [1.29, 1.82) is 0 Å². The maximum Gasteiger partial charge on any atom is 0.407 e. The lowest BCUT2D eigenvalue weighted by Gasteiger charge is -2.05. The van der Waals surface area contributed by atoms with Gasteiger partial charge in [0.05, 0.1) is 12.3 Å². The molecule has 1 rings (SSSR count). The third-order valence-electron chi connectivity index (χ3n) is 2.20. The van der Waals surface area contributed by atoms with Crippen LogP contribution in [0.25, 0.3) is 0 Å². The highest BCUT2D eigenvalue weighted by atomic mass is 16.5. The quantitative estimate of drug-likeness (QED) is 0.789. The highest BCUT2D eigenvalue weighted by molar-refractivity contribution is 5.67. The van der Waals surface area contributed by atoms with Crippen molar-refractivity contribution >= 4 is 6.09 Å². The Hall–Kier alpha value is -1.52. The minimum absolute atomic E-state index is 0.365. The molecule has 0 atom stereocenters. The van der Waals surface area contributed by atoms with Crippen molar-refractivity contribution in [3.05, 3.63) is 17.0 Å². The van der Waals surface area contributed by atoms with Crippen LogP contribution in [-0.2, 0) is 11.2 Å². The Morgan fingerprint density at radius 1 is 1.53 bits per heavy atom. The van der Waals surface area contributed by atoms with Gasteiger partial charge in [-0.1, -0.05) is 0 Å². The van der Waals surface area contributed by atoms with Crippen molar-refractivity contribution in [2.45, 2.75) is 27.2 Å². The van der Waals surface area contributed by atoms with Crippen LogP contribution in [0.2, 0.25) is 0 Å². The molecule has 0 radical (unpaired) electrons. The normalized spacial score (nSPS) is 10.1. The van der Waals surface area contributed by atoms with E-state index in [4.69, 9.17) is 4.74 Å². The maximum atomic E-state index is 11.0. The van der Waals surface area contributed by atoms with Crippen molar-refractivity contribution in [3.63, 3.8) is 0 Å². The van der Waals surface area contributed by atoms with Gasteiger partial charge in [-0.05, 0) is 32.8 Å². The first-order valence-corrected chi connectivity index (χ1v) is 5.06. The van der Waals surface area contributed by atoms with Gasteiger partial charge in [-0.15, -0.1) is 0 Å². The molecule has 1 heterocycles. The molecular weight excluding hydrogens is 194 g/mol. The molecule has 2 N–H and O–H groups in total. The average Bonchev–Trinajstić information content (AvgIpc) is 2.49. The number of hydrogen-bond acceptors (Lipinski definition) is 3. The number of aromatic nitrogens is 2. The SMILES string of the molecule is CCOC(=O)NCCc1c(C)n[nH]c1C. The molecule has 0 aliphatic heterocycles. The van der Waals surface area contributed by atoms with Gasteiger partial charge in [0.25, 0.3) is 0 Å². The minimum Gasteiger partial charge on any atom is -0.450 e. The molecule has 0 unspecified atom stereocenters. The number of alkyl carbamates (subject to hydrolysis) is 1. The van der Waals surface area contributed by atoms with E-state index in [1.165, 1.54) is 0 Å². The molecule has 84 valence electrons. The molecule has 0 bridgehead atoms. The van der Waals surface area contributed by atoms with Gasteiger partial charge < -0.3 is 10.1 Å². The first kappa shape index (κ1) is 11.6. The Morgan fingerprint density at radius 3 is 2.80 bits per heavy atom. The standard InChI is InChI=1S/C10H17N3O2/c1-4-15-10(14)11-6-5-9-7(2)12-13-8(9)3/h4-6H2,1-3H3,(H,11,14)(H,12,13). The van der Waals surface area contributed by atoms with Crippen LogP contribution in [0.4, 0.5) is 4.79 Å². The summed E-state index contributed by atoms with van der Waals surface area (Å²) in [6.07, 6.45) is 0.406. The zero-order valence-electron chi connectivity index (χ0n) is 9.39. The van der Waals surface area contributed by atoms with Crippen LogP contribution >= 0.6 is 0 Å². The van der Waals surface area contributed by atoms with Gasteiger partial charge in [-0.3, -0.25) is 5.10 Å². The fraction of sp³-hybridized carbons (Fsp3) is 0.600. The summed E-state index contributed by atoms with van der Waals surface area (Å²) in [7, 11) is 0. The number of aromatic amines is 1. The van der Waals surface area contributed by atoms with Gasteiger partial charge in [0, 0.05) is 12.2 Å². The Balaban J connectivity index is 2.35. The van der Waals surface area contributed by atoms with E-state index in [-0.39, 0.29) is 6.09 Å². The summed E-state index contributed by atoms with van der Waals surface area (Å²) in [4.78, 5) is 11.0. The number of H-pyrrole nitrogens is 1. The van der Waals surface area contributed by atoms with Crippen molar-refractivity contribution in [3.8, 4) is 0 Å². The second-order valence-corrected chi connectivity index (χ2v) is 3.31. The molecule has 0 aliphatic carbocycles. The van der Waals surface area contributed by atoms with Crippen molar-refractivity contribution in [1.82, 2.24) is 15.5 Å². The van der Waals surface area contributed by atoms with Crippen LogP contribution < -0.4 is 5.32 Å². The summed E-state index contributed by atoms with van der Waals surface area (Å²) in [5.41, 5.74) is 3.20. The highest BCUT2D eigenvalue weighted by Gasteiger charge is 2.06. The van der Waals surface area contributed by atoms with Gasteiger partial charge in [0.15, 0.2) is 0 Å². The first-order chi connectivity index (χ1) is 7.15. The second-order valence-electron chi connectivity index (χ2n) is 3.31. The maximum absolute atomic E-state index is 11.0. The molecular formula is C10H17N3O2. The Kier molecular flexibility index (Phi) is 4.15. The van der Waals surface area contributed by atoms with E-state index in [2.05, 4.69) is 15.5 Å². The number of ether oxygens (including phenoxy) is 1. The largest absolute Gasteiger partial charge is 0.450 e. The molecule has 1 aromatic rings. The zero-order valence-corrected chi connectivity index (χ0v) is 9.39. The molecule has 0 saturated carbocycles. The van der Waals surface area contributed by atoms with Crippen LogP contribution in [0, 0.1) is 13.8 Å². The Morgan fingerprint density at radius 2 is 2.27 bits per heavy atom. The zero-order chi connectivity index (χ0) is 11.3. The van der Waals surface area contributed by atoms with Crippen LogP contribution in [0.3, 0.4) is 0 Å². The van der Waals surface area contributed by atoms with Crippen LogP contribution in [-0.4, -0.2) is 29.4 Å². The number of hydrogen-bond donors (Lipinski definition) is 2. The molecule has 1 aromatic heterocycles.